The predicted molar refractivity (Wildman–Crippen MR) is 54.7 cm³/mol. The highest BCUT2D eigenvalue weighted by Crippen LogP contribution is 2.17. The molecule has 1 aromatic carbocycles. The SMILES string of the molecule is CCNc1ccc(C#N)cc1CC. The highest BCUT2D eigenvalue weighted by atomic mass is 14.9. The van der Waals surface area contributed by atoms with Gasteiger partial charge in [0.05, 0.1) is 11.6 Å². The van der Waals surface area contributed by atoms with Crippen LogP contribution in [0.3, 0.4) is 0 Å². The summed E-state index contributed by atoms with van der Waals surface area (Å²) in [6, 6.07) is 7.90. The van der Waals surface area contributed by atoms with Gasteiger partial charge in [0, 0.05) is 12.2 Å². The number of hydrogen-bond donors (Lipinski definition) is 1. The smallest absolute Gasteiger partial charge is 0.0991 e. The molecule has 1 N–H and O–H groups in total. The van der Waals surface area contributed by atoms with Crippen molar-refractivity contribution >= 4 is 5.69 Å². The maximum atomic E-state index is 8.71. The topological polar surface area (TPSA) is 35.8 Å². The molecule has 1 rings (SSSR count). The van der Waals surface area contributed by atoms with Crippen LogP contribution in [0.4, 0.5) is 5.69 Å². The van der Waals surface area contributed by atoms with Gasteiger partial charge in [-0.15, -0.1) is 0 Å². The van der Waals surface area contributed by atoms with Crippen molar-refractivity contribution in [3.05, 3.63) is 29.3 Å². The van der Waals surface area contributed by atoms with Crippen molar-refractivity contribution in [1.82, 2.24) is 0 Å². The molecule has 0 saturated heterocycles. The third kappa shape index (κ3) is 2.22. The fourth-order valence-electron chi connectivity index (χ4n) is 1.32. The molecule has 0 aromatic heterocycles. The molecule has 0 fully saturated rings. The van der Waals surface area contributed by atoms with E-state index in [2.05, 4.69) is 25.2 Å². The second-order valence-electron chi connectivity index (χ2n) is 2.87. The molecule has 0 aliphatic rings. The number of hydrogen-bond acceptors (Lipinski definition) is 2. The van der Waals surface area contributed by atoms with Crippen LogP contribution in [0.15, 0.2) is 18.2 Å². The molecule has 1 aromatic rings. The molecule has 0 aliphatic carbocycles. The Morgan fingerprint density at radius 3 is 2.69 bits per heavy atom. The van der Waals surface area contributed by atoms with Crippen LogP contribution < -0.4 is 5.32 Å². The second kappa shape index (κ2) is 4.51. The first kappa shape index (κ1) is 9.60. The van der Waals surface area contributed by atoms with E-state index in [4.69, 9.17) is 5.26 Å². The first-order valence-electron chi connectivity index (χ1n) is 4.58. The summed E-state index contributed by atoms with van der Waals surface area (Å²) in [4.78, 5) is 0. The van der Waals surface area contributed by atoms with Crippen molar-refractivity contribution in [2.24, 2.45) is 0 Å². The molecule has 0 radical (unpaired) electrons. The lowest BCUT2D eigenvalue weighted by Crippen LogP contribution is -2.00. The van der Waals surface area contributed by atoms with Crippen LogP contribution >= 0.6 is 0 Å². The summed E-state index contributed by atoms with van der Waals surface area (Å²) < 4.78 is 0. The van der Waals surface area contributed by atoms with Crippen LogP contribution in [-0.2, 0) is 6.42 Å². The van der Waals surface area contributed by atoms with E-state index in [1.54, 1.807) is 0 Å². The highest BCUT2D eigenvalue weighted by molar-refractivity contribution is 5.54. The highest BCUT2D eigenvalue weighted by Gasteiger charge is 2.00. The third-order valence-corrected chi connectivity index (χ3v) is 1.98. The molecule has 2 heteroatoms. The van der Waals surface area contributed by atoms with Crippen LogP contribution in [0.25, 0.3) is 0 Å². The average Bonchev–Trinajstić information content (AvgIpc) is 2.19. The molecule has 0 saturated carbocycles. The van der Waals surface area contributed by atoms with E-state index < -0.39 is 0 Å². The Morgan fingerprint density at radius 1 is 1.38 bits per heavy atom. The van der Waals surface area contributed by atoms with E-state index in [0.29, 0.717) is 0 Å². The molecule has 0 spiro atoms. The molecule has 13 heavy (non-hydrogen) atoms. The maximum absolute atomic E-state index is 8.71. The zero-order valence-corrected chi connectivity index (χ0v) is 8.09. The van der Waals surface area contributed by atoms with Crippen molar-refractivity contribution in [2.45, 2.75) is 20.3 Å². The molecule has 0 unspecified atom stereocenters. The molecule has 0 bridgehead atoms. The summed E-state index contributed by atoms with van der Waals surface area (Å²) in [6.07, 6.45) is 0.956. The molecule has 0 amide bonds. The van der Waals surface area contributed by atoms with Crippen molar-refractivity contribution in [1.29, 1.82) is 5.26 Å². The fourth-order valence-corrected chi connectivity index (χ4v) is 1.32. The van der Waals surface area contributed by atoms with Crippen LogP contribution in [0.5, 0.6) is 0 Å². The lowest BCUT2D eigenvalue weighted by molar-refractivity contribution is 1.11. The van der Waals surface area contributed by atoms with Crippen molar-refractivity contribution < 1.29 is 0 Å². The molecular formula is C11H14N2. The third-order valence-electron chi connectivity index (χ3n) is 1.98. The molecule has 0 aliphatic heterocycles. The zero-order valence-electron chi connectivity index (χ0n) is 8.09. The van der Waals surface area contributed by atoms with Gasteiger partial charge in [-0.05, 0) is 37.1 Å². The summed E-state index contributed by atoms with van der Waals surface area (Å²) in [6.45, 7) is 5.08. The summed E-state index contributed by atoms with van der Waals surface area (Å²) in [7, 11) is 0. The average molecular weight is 174 g/mol. The van der Waals surface area contributed by atoms with Gasteiger partial charge >= 0.3 is 0 Å². The summed E-state index contributed by atoms with van der Waals surface area (Å²) in [5.74, 6) is 0. The van der Waals surface area contributed by atoms with E-state index in [-0.39, 0.29) is 0 Å². The van der Waals surface area contributed by atoms with Crippen molar-refractivity contribution in [2.75, 3.05) is 11.9 Å². The van der Waals surface area contributed by atoms with Gasteiger partial charge in [-0.25, -0.2) is 0 Å². The van der Waals surface area contributed by atoms with E-state index in [0.717, 1.165) is 24.2 Å². The fraction of sp³-hybridized carbons (Fsp3) is 0.364. The quantitative estimate of drug-likeness (QED) is 0.764. The van der Waals surface area contributed by atoms with Gasteiger partial charge in [-0.3, -0.25) is 0 Å². The molecule has 2 nitrogen and oxygen atoms in total. The number of anilines is 1. The van der Waals surface area contributed by atoms with Gasteiger partial charge in [-0.2, -0.15) is 5.26 Å². The van der Waals surface area contributed by atoms with Gasteiger partial charge in [0.2, 0.25) is 0 Å². The standard InChI is InChI=1S/C11H14N2/c1-3-10-7-9(8-12)5-6-11(10)13-4-2/h5-7,13H,3-4H2,1-2H3. The molecular weight excluding hydrogens is 160 g/mol. The van der Waals surface area contributed by atoms with Crippen LogP contribution in [0.1, 0.15) is 25.0 Å². The largest absolute Gasteiger partial charge is 0.385 e. The Balaban J connectivity index is 3.02. The number of nitrogens with zero attached hydrogens (tertiary/aromatic N) is 1. The Hall–Kier alpha value is -1.49. The van der Waals surface area contributed by atoms with Gasteiger partial charge in [-0.1, -0.05) is 6.92 Å². The predicted octanol–water partition coefficient (Wildman–Crippen LogP) is 2.55. The van der Waals surface area contributed by atoms with Crippen LogP contribution in [0, 0.1) is 11.3 Å². The molecule has 68 valence electrons. The van der Waals surface area contributed by atoms with Crippen molar-refractivity contribution in [3.8, 4) is 6.07 Å². The Kier molecular flexibility index (Phi) is 3.33. The van der Waals surface area contributed by atoms with E-state index in [9.17, 15) is 0 Å². The first-order chi connectivity index (χ1) is 6.31. The van der Waals surface area contributed by atoms with E-state index in [1.165, 1.54) is 5.56 Å². The normalized spacial score (nSPS) is 9.31. The Labute approximate surface area is 79.2 Å². The molecule has 0 atom stereocenters. The second-order valence-corrected chi connectivity index (χ2v) is 2.87. The van der Waals surface area contributed by atoms with E-state index >= 15 is 0 Å². The van der Waals surface area contributed by atoms with Gasteiger partial charge in [0.15, 0.2) is 0 Å². The van der Waals surface area contributed by atoms with Crippen LogP contribution in [0.2, 0.25) is 0 Å². The van der Waals surface area contributed by atoms with Gasteiger partial charge < -0.3 is 5.32 Å². The monoisotopic (exact) mass is 174 g/mol. The van der Waals surface area contributed by atoms with Gasteiger partial charge in [0.1, 0.15) is 0 Å². The Morgan fingerprint density at radius 2 is 2.15 bits per heavy atom. The number of aryl methyl sites for hydroxylation is 1. The number of benzene rings is 1. The van der Waals surface area contributed by atoms with Gasteiger partial charge in [0.25, 0.3) is 0 Å². The zero-order chi connectivity index (χ0) is 9.68. The van der Waals surface area contributed by atoms with E-state index in [1.807, 2.05) is 18.2 Å². The minimum Gasteiger partial charge on any atom is -0.385 e. The first-order valence-corrected chi connectivity index (χ1v) is 4.58. The summed E-state index contributed by atoms with van der Waals surface area (Å²) >= 11 is 0. The summed E-state index contributed by atoms with van der Waals surface area (Å²) in [5, 5.41) is 12.0. The molecule has 0 heterocycles. The van der Waals surface area contributed by atoms with Crippen molar-refractivity contribution in [3.63, 3.8) is 0 Å². The lowest BCUT2D eigenvalue weighted by atomic mass is 10.1. The summed E-state index contributed by atoms with van der Waals surface area (Å²) in [5.41, 5.74) is 3.09. The minimum atomic E-state index is 0.735. The minimum absolute atomic E-state index is 0.735. The maximum Gasteiger partial charge on any atom is 0.0991 e. The Bertz CT molecular complexity index is 323. The van der Waals surface area contributed by atoms with Crippen LogP contribution in [-0.4, -0.2) is 6.54 Å². The lowest BCUT2D eigenvalue weighted by Gasteiger charge is -2.08. The number of nitriles is 1. The number of nitrogens with one attached hydrogen (secondary N) is 1. The number of rotatable bonds is 3.